The summed E-state index contributed by atoms with van der Waals surface area (Å²) in [5, 5.41) is 3.08. The molecule has 0 saturated carbocycles. The van der Waals surface area contributed by atoms with E-state index in [1.807, 2.05) is 66.2 Å². The van der Waals surface area contributed by atoms with E-state index in [0.29, 0.717) is 0 Å². The van der Waals surface area contributed by atoms with Crippen LogP contribution in [0.5, 0.6) is 0 Å². The first-order valence-corrected chi connectivity index (χ1v) is 9.75. The van der Waals surface area contributed by atoms with Gasteiger partial charge in [-0.1, -0.05) is 30.3 Å². The largest absolute Gasteiger partial charge is 0.354 e. The molecule has 1 aliphatic rings. The minimum absolute atomic E-state index is 0.0923. The highest BCUT2D eigenvalue weighted by Crippen LogP contribution is 2.23. The zero-order chi connectivity index (χ0) is 18.6. The number of nitrogens with zero attached hydrogens (tertiary/aromatic N) is 3. The molecular formula is C22H26N4O. The number of pyridine rings is 1. The minimum Gasteiger partial charge on any atom is -0.354 e. The van der Waals surface area contributed by atoms with Crippen LogP contribution >= 0.6 is 0 Å². The van der Waals surface area contributed by atoms with E-state index in [-0.39, 0.29) is 11.8 Å². The van der Waals surface area contributed by atoms with E-state index >= 15 is 0 Å². The number of carbonyl (C=O) groups excluding carboxylic acids is 1. The first-order chi connectivity index (χ1) is 13.2. The standard InChI is InChI=1S/C22H26N4O/c1-17(22(27)23-11-15-25-12-4-5-13-25)18-7-9-19(10-8-18)20-16-26-14-3-2-6-21(26)24-20/h2-3,6-10,14,16-17H,4-5,11-13,15H2,1H3,(H,23,27). The monoisotopic (exact) mass is 362 g/mol. The summed E-state index contributed by atoms with van der Waals surface area (Å²) in [6.07, 6.45) is 6.58. The van der Waals surface area contributed by atoms with E-state index in [4.69, 9.17) is 0 Å². The normalized spacial score (nSPS) is 15.9. The van der Waals surface area contributed by atoms with E-state index in [2.05, 4.69) is 15.2 Å². The molecule has 0 bridgehead atoms. The minimum atomic E-state index is -0.154. The molecule has 1 amide bonds. The van der Waals surface area contributed by atoms with Crippen molar-refractivity contribution >= 4 is 11.6 Å². The molecule has 5 heteroatoms. The molecule has 5 nitrogen and oxygen atoms in total. The van der Waals surface area contributed by atoms with Crippen LogP contribution in [-0.2, 0) is 4.79 Å². The van der Waals surface area contributed by atoms with Crippen molar-refractivity contribution in [2.75, 3.05) is 26.2 Å². The number of benzene rings is 1. The topological polar surface area (TPSA) is 49.6 Å². The molecular weight excluding hydrogens is 336 g/mol. The summed E-state index contributed by atoms with van der Waals surface area (Å²) in [7, 11) is 0. The highest BCUT2D eigenvalue weighted by molar-refractivity contribution is 5.83. The van der Waals surface area contributed by atoms with Gasteiger partial charge in [-0.05, 0) is 50.6 Å². The molecule has 1 aliphatic heterocycles. The maximum Gasteiger partial charge on any atom is 0.227 e. The highest BCUT2D eigenvalue weighted by atomic mass is 16.1. The van der Waals surface area contributed by atoms with E-state index in [0.717, 1.165) is 48.6 Å². The number of nitrogens with one attached hydrogen (secondary N) is 1. The van der Waals surface area contributed by atoms with Gasteiger partial charge in [0.15, 0.2) is 0 Å². The van der Waals surface area contributed by atoms with Gasteiger partial charge in [0.2, 0.25) is 5.91 Å². The summed E-state index contributed by atoms with van der Waals surface area (Å²) in [5.41, 5.74) is 3.96. The maximum atomic E-state index is 12.4. The quantitative estimate of drug-likeness (QED) is 0.732. The Morgan fingerprint density at radius 3 is 2.67 bits per heavy atom. The molecule has 1 N–H and O–H groups in total. The van der Waals surface area contributed by atoms with Crippen LogP contribution in [0.25, 0.3) is 16.9 Å². The van der Waals surface area contributed by atoms with Gasteiger partial charge in [0.1, 0.15) is 5.65 Å². The smallest absolute Gasteiger partial charge is 0.227 e. The zero-order valence-electron chi connectivity index (χ0n) is 15.8. The number of aromatic nitrogens is 2. The summed E-state index contributed by atoms with van der Waals surface area (Å²) in [6.45, 7) is 5.96. The summed E-state index contributed by atoms with van der Waals surface area (Å²) in [5.74, 6) is -0.0617. The second-order valence-electron chi connectivity index (χ2n) is 7.28. The van der Waals surface area contributed by atoms with Gasteiger partial charge in [0, 0.05) is 31.0 Å². The molecule has 2 aromatic heterocycles. The van der Waals surface area contributed by atoms with Crippen molar-refractivity contribution in [2.24, 2.45) is 0 Å². The van der Waals surface area contributed by atoms with Crippen LogP contribution in [0.3, 0.4) is 0 Å². The summed E-state index contributed by atoms with van der Waals surface area (Å²) in [4.78, 5) is 19.5. The SMILES string of the molecule is CC(C(=O)NCCN1CCCC1)c1ccc(-c2cn3ccccc3n2)cc1. The molecule has 1 saturated heterocycles. The third-order valence-electron chi connectivity index (χ3n) is 5.39. The Balaban J connectivity index is 1.37. The number of fused-ring (bicyclic) bond motifs is 1. The highest BCUT2D eigenvalue weighted by Gasteiger charge is 2.16. The first-order valence-electron chi connectivity index (χ1n) is 9.75. The molecule has 3 heterocycles. The second kappa shape index (κ2) is 7.92. The van der Waals surface area contributed by atoms with Gasteiger partial charge in [0.25, 0.3) is 0 Å². The fraction of sp³-hybridized carbons (Fsp3) is 0.364. The van der Waals surface area contributed by atoms with Crippen LogP contribution in [0.4, 0.5) is 0 Å². The van der Waals surface area contributed by atoms with Crippen molar-refractivity contribution in [2.45, 2.75) is 25.7 Å². The summed E-state index contributed by atoms with van der Waals surface area (Å²) in [6, 6.07) is 14.1. The number of carbonyl (C=O) groups is 1. The van der Waals surface area contributed by atoms with Gasteiger partial charge in [-0.2, -0.15) is 0 Å². The molecule has 1 atom stereocenters. The Kier molecular flexibility index (Phi) is 5.21. The number of amides is 1. The fourth-order valence-corrected chi connectivity index (χ4v) is 3.66. The lowest BCUT2D eigenvalue weighted by atomic mass is 9.98. The summed E-state index contributed by atoms with van der Waals surface area (Å²) >= 11 is 0. The molecule has 27 heavy (non-hydrogen) atoms. The number of imidazole rings is 1. The molecule has 3 aromatic rings. The molecule has 0 aliphatic carbocycles. The molecule has 4 rings (SSSR count). The average molecular weight is 362 g/mol. The predicted octanol–water partition coefficient (Wildman–Crippen LogP) is 3.32. The van der Waals surface area contributed by atoms with Crippen LogP contribution < -0.4 is 5.32 Å². The van der Waals surface area contributed by atoms with E-state index in [1.165, 1.54) is 12.8 Å². The lowest BCUT2D eigenvalue weighted by molar-refractivity contribution is -0.122. The molecule has 140 valence electrons. The van der Waals surface area contributed by atoms with Crippen molar-refractivity contribution in [3.05, 3.63) is 60.4 Å². The second-order valence-corrected chi connectivity index (χ2v) is 7.28. The molecule has 1 unspecified atom stereocenters. The van der Waals surface area contributed by atoms with Gasteiger partial charge in [-0.3, -0.25) is 4.79 Å². The van der Waals surface area contributed by atoms with Crippen LogP contribution in [0.15, 0.2) is 54.9 Å². The number of likely N-dealkylation sites (tertiary alicyclic amines) is 1. The molecule has 1 aromatic carbocycles. The van der Waals surface area contributed by atoms with Crippen LogP contribution in [-0.4, -0.2) is 46.4 Å². The summed E-state index contributed by atoms with van der Waals surface area (Å²) < 4.78 is 2.01. The number of hydrogen-bond donors (Lipinski definition) is 1. The van der Waals surface area contributed by atoms with Crippen molar-refractivity contribution < 1.29 is 4.79 Å². The van der Waals surface area contributed by atoms with Gasteiger partial charge >= 0.3 is 0 Å². The van der Waals surface area contributed by atoms with Crippen molar-refractivity contribution in [3.8, 4) is 11.3 Å². The van der Waals surface area contributed by atoms with Gasteiger partial charge in [0.05, 0.1) is 11.6 Å². The average Bonchev–Trinajstić information content (AvgIpc) is 3.37. The fourth-order valence-electron chi connectivity index (χ4n) is 3.66. The van der Waals surface area contributed by atoms with Crippen molar-refractivity contribution in [3.63, 3.8) is 0 Å². The Morgan fingerprint density at radius 1 is 1.15 bits per heavy atom. The Labute approximate surface area is 160 Å². The Morgan fingerprint density at radius 2 is 1.93 bits per heavy atom. The van der Waals surface area contributed by atoms with Gasteiger partial charge in [-0.25, -0.2) is 4.98 Å². The third-order valence-corrected chi connectivity index (χ3v) is 5.39. The lowest BCUT2D eigenvalue weighted by Crippen LogP contribution is -2.35. The zero-order valence-corrected chi connectivity index (χ0v) is 15.8. The Bertz CT molecular complexity index is 876. The van der Waals surface area contributed by atoms with Crippen molar-refractivity contribution in [1.29, 1.82) is 0 Å². The predicted molar refractivity (Wildman–Crippen MR) is 108 cm³/mol. The van der Waals surface area contributed by atoms with Gasteiger partial charge < -0.3 is 14.6 Å². The lowest BCUT2D eigenvalue weighted by Gasteiger charge is -2.17. The maximum absolute atomic E-state index is 12.4. The van der Waals surface area contributed by atoms with Crippen LogP contribution in [0, 0.1) is 0 Å². The van der Waals surface area contributed by atoms with E-state index in [9.17, 15) is 4.79 Å². The molecule has 0 radical (unpaired) electrons. The van der Waals surface area contributed by atoms with Crippen LogP contribution in [0.2, 0.25) is 0 Å². The Hall–Kier alpha value is -2.66. The first kappa shape index (κ1) is 17.7. The van der Waals surface area contributed by atoms with Gasteiger partial charge in [-0.15, -0.1) is 0 Å². The number of rotatable bonds is 6. The van der Waals surface area contributed by atoms with E-state index in [1.54, 1.807) is 0 Å². The van der Waals surface area contributed by atoms with E-state index < -0.39 is 0 Å². The molecule has 0 spiro atoms. The van der Waals surface area contributed by atoms with Crippen LogP contribution in [0.1, 0.15) is 31.2 Å². The molecule has 1 fully saturated rings. The number of hydrogen-bond acceptors (Lipinski definition) is 3. The third kappa shape index (κ3) is 4.03. The van der Waals surface area contributed by atoms with Crippen molar-refractivity contribution in [1.82, 2.24) is 19.6 Å².